The molecule has 3 heteroatoms. The summed E-state index contributed by atoms with van der Waals surface area (Å²) < 4.78 is 0. The van der Waals surface area contributed by atoms with Crippen LogP contribution in [0.1, 0.15) is 11.1 Å². The van der Waals surface area contributed by atoms with E-state index in [2.05, 4.69) is 48.6 Å². The molecule has 3 nitrogen and oxygen atoms in total. The maximum Gasteiger partial charge on any atom is 0.228 e. The average molecular weight is 268 g/mol. The van der Waals surface area contributed by atoms with E-state index in [1.165, 1.54) is 21.9 Å². The first kappa shape index (κ1) is 13.1. The highest BCUT2D eigenvalue weighted by Gasteiger charge is 2.27. The highest BCUT2D eigenvalue weighted by atomic mass is 16.2. The van der Waals surface area contributed by atoms with Crippen molar-refractivity contribution in [2.75, 3.05) is 20.1 Å². The van der Waals surface area contributed by atoms with Crippen LogP contribution in [0.4, 0.5) is 0 Å². The van der Waals surface area contributed by atoms with Crippen molar-refractivity contribution in [3.05, 3.63) is 47.5 Å². The molecule has 1 heterocycles. The van der Waals surface area contributed by atoms with Crippen molar-refractivity contribution in [1.29, 1.82) is 0 Å². The SMILES string of the molecule is Cc1ccc2cc(CN(C)C(=O)C3CNC3)ccc2c1. The standard InChI is InChI=1S/C17H20N2O/c1-12-3-5-15-8-13(4-6-14(15)7-12)11-19(2)17(20)16-9-18-10-16/h3-8,16,18H,9-11H2,1-2H3. The Kier molecular flexibility index (Phi) is 3.45. The van der Waals surface area contributed by atoms with E-state index in [9.17, 15) is 4.79 Å². The van der Waals surface area contributed by atoms with Gasteiger partial charge in [0.15, 0.2) is 0 Å². The number of fused-ring (bicyclic) bond motifs is 1. The largest absolute Gasteiger partial charge is 0.341 e. The normalized spacial score (nSPS) is 15.1. The molecular formula is C17H20N2O. The van der Waals surface area contributed by atoms with Gasteiger partial charge in [-0.1, -0.05) is 35.9 Å². The van der Waals surface area contributed by atoms with Crippen LogP contribution in [0.25, 0.3) is 10.8 Å². The number of hydrogen-bond donors (Lipinski definition) is 1. The Morgan fingerprint density at radius 1 is 1.20 bits per heavy atom. The fraction of sp³-hybridized carbons (Fsp3) is 0.353. The predicted molar refractivity (Wildman–Crippen MR) is 81.5 cm³/mol. The number of amides is 1. The average Bonchev–Trinajstić information content (AvgIpc) is 2.37. The summed E-state index contributed by atoms with van der Waals surface area (Å²) in [7, 11) is 1.89. The zero-order chi connectivity index (χ0) is 14.1. The van der Waals surface area contributed by atoms with Gasteiger partial charge in [-0.15, -0.1) is 0 Å². The summed E-state index contributed by atoms with van der Waals surface area (Å²) in [5.41, 5.74) is 2.46. The van der Waals surface area contributed by atoms with Crippen LogP contribution in [-0.4, -0.2) is 30.9 Å². The van der Waals surface area contributed by atoms with Crippen LogP contribution in [0.15, 0.2) is 36.4 Å². The van der Waals surface area contributed by atoms with Crippen molar-refractivity contribution < 1.29 is 4.79 Å². The molecule has 0 radical (unpaired) electrons. The molecule has 1 aliphatic rings. The van der Waals surface area contributed by atoms with E-state index < -0.39 is 0 Å². The molecule has 1 N–H and O–H groups in total. The van der Waals surface area contributed by atoms with E-state index in [0.29, 0.717) is 6.54 Å². The van der Waals surface area contributed by atoms with Gasteiger partial charge in [0, 0.05) is 26.7 Å². The minimum atomic E-state index is 0.170. The van der Waals surface area contributed by atoms with Gasteiger partial charge in [0.2, 0.25) is 5.91 Å². The lowest BCUT2D eigenvalue weighted by atomic mass is 10.0. The van der Waals surface area contributed by atoms with Crippen LogP contribution < -0.4 is 5.32 Å². The molecule has 104 valence electrons. The smallest absolute Gasteiger partial charge is 0.228 e. The van der Waals surface area contributed by atoms with Crippen molar-refractivity contribution in [1.82, 2.24) is 10.2 Å². The molecule has 0 saturated carbocycles. The Morgan fingerprint density at radius 3 is 2.60 bits per heavy atom. The molecule has 1 amide bonds. The number of rotatable bonds is 3. The number of nitrogens with zero attached hydrogens (tertiary/aromatic N) is 1. The monoisotopic (exact) mass is 268 g/mol. The van der Waals surface area contributed by atoms with Crippen LogP contribution in [0.3, 0.4) is 0 Å². The molecule has 0 spiro atoms. The molecule has 3 rings (SSSR count). The van der Waals surface area contributed by atoms with Gasteiger partial charge in [0.1, 0.15) is 0 Å². The molecule has 0 unspecified atom stereocenters. The summed E-state index contributed by atoms with van der Waals surface area (Å²) in [6.45, 7) is 4.42. The van der Waals surface area contributed by atoms with Gasteiger partial charge in [0.05, 0.1) is 5.92 Å². The van der Waals surface area contributed by atoms with E-state index >= 15 is 0 Å². The molecule has 0 aromatic heterocycles. The second kappa shape index (κ2) is 5.25. The van der Waals surface area contributed by atoms with Crippen molar-refractivity contribution >= 4 is 16.7 Å². The van der Waals surface area contributed by atoms with Gasteiger partial charge in [-0.3, -0.25) is 4.79 Å². The minimum Gasteiger partial charge on any atom is -0.341 e. The minimum absolute atomic E-state index is 0.170. The lowest BCUT2D eigenvalue weighted by Gasteiger charge is -2.30. The summed E-state index contributed by atoms with van der Waals surface area (Å²) in [4.78, 5) is 14.0. The molecule has 20 heavy (non-hydrogen) atoms. The van der Waals surface area contributed by atoms with E-state index in [4.69, 9.17) is 0 Å². The van der Waals surface area contributed by atoms with E-state index in [1.54, 1.807) is 0 Å². The highest BCUT2D eigenvalue weighted by Crippen LogP contribution is 2.19. The van der Waals surface area contributed by atoms with Crippen LogP contribution in [-0.2, 0) is 11.3 Å². The number of carbonyl (C=O) groups is 1. The first-order chi connectivity index (χ1) is 9.63. The Morgan fingerprint density at radius 2 is 1.90 bits per heavy atom. The molecule has 0 aliphatic carbocycles. The third-order valence-corrected chi connectivity index (χ3v) is 3.99. The molecule has 2 aromatic carbocycles. The first-order valence-electron chi connectivity index (χ1n) is 7.08. The molecule has 2 aromatic rings. The summed E-state index contributed by atoms with van der Waals surface area (Å²) in [5.74, 6) is 0.413. The maximum atomic E-state index is 12.1. The van der Waals surface area contributed by atoms with Crippen molar-refractivity contribution in [2.45, 2.75) is 13.5 Å². The Balaban J connectivity index is 1.76. The fourth-order valence-corrected chi connectivity index (χ4v) is 2.64. The Hall–Kier alpha value is -1.87. The number of aryl methyl sites for hydroxylation is 1. The van der Waals surface area contributed by atoms with Crippen molar-refractivity contribution in [3.8, 4) is 0 Å². The zero-order valence-electron chi connectivity index (χ0n) is 12.0. The fourth-order valence-electron chi connectivity index (χ4n) is 2.64. The number of hydrogen-bond acceptors (Lipinski definition) is 2. The molecular weight excluding hydrogens is 248 g/mol. The molecule has 1 fully saturated rings. The zero-order valence-corrected chi connectivity index (χ0v) is 12.0. The van der Waals surface area contributed by atoms with Gasteiger partial charge in [-0.05, 0) is 29.3 Å². The maximum absolute atomic E-state index is 12.1. The first-order valence-corrected chi connectivity index (χ1v) is 7.08. The number of benzene rings is 2. The second-order valence-electron chi connectivity index (χ2n) is 5.73. The second-order valence-corrected chi connectivity index (χ2v) is 5.73. The van der Waals surface area contributed by atoms with Crippen LogP contribution >= 0.6 is 0 Å². The van der Waals surface area contributed by atoms with Crippen molar-refractivity contribution in [2.24, 2.45) is 5.92 Å². The van der Waals surface area contributed by atoms with E-state index in [0.717, 1.165) is 13.1 Å². The van der Waals surface area contributed by atoms with Crippen LogP contribution in [0.2, 0.25) is 0 Å². The predicted octanol–water partition coefficient (Wildman–Crippen LogP) is 2.33. The quantitative estimate of drug-likeness (QED) is 0.926. The van der Waals surface area contributed by atoms with Gasteiger partial charge in [-0.25, -0.2) is 0 Å². The third kappa shape index (κ3) is 2.54. The Bertz CT molecular complexity index is 646. The molecule has 0 atom stereocenters. The lowest BCUT2D eigenvalue weighted by Crippen LogP contribution is -2.50. The molecule has 1 saturated heterocycles. The molecule has 0 bridgehead atoms. The van der Waals surface area contributed by atoms with Crippen molar-refractivity contribution in [3.63, 3.8) is 0 Å². The third-order valence-electron chi connectivity index (χ3n) is 3.99. The van der Waals surface area contributed by atoms with E-state index in [-0.39, 0.29) is 11.8 Å². The summed E-state index contributed by atoms with van der Waals surface area (Å²) in [6, 6.07) is 12.9. The molecule has 1 aliphatic heterocycles. The van der Waals surface area contributed by atoms with Gasteiger partial charge in [0.25, 0.3) is 0 Å². The van der Waals surface area contributed by atoms with Crippen LogP contribution in [0.5, 0.6) is 0 Å². The van der Waals surface area contributed by atoms with Gasteiger partial charge in [-0.2, -0.15) is 0 Å². The van der Waals surface area contributed by atoms with Gasteiger partial charge < -0.3 is 10.2 Å². The lowest BCUT2D eigenvalue weighted by molar-refractivity contribution is -0.136. The summed E-state index contributed by atoms with van der Waals surface area (Å²) in [6.07, 6.45) is 0. The number of carbonyl (C=O) groups excluding carboxylic acids is 1. The van der Waals surface area contributed by atoms with E-state index in [1.807, 2.05) is 11.9 Å². The summed E-state index contributed by atoms with van der Waals surface area (Å²) >= 11 is 0. The summed E-state index contributed by atoms with van der Waals surface area (Å²) in [5, 5.41) is 5.63. The highest BCUT2D eigenvalue weighted by molar-refractivity contribution is 5.84. The van der Waals surface area contributed by atoms with Crippen LogP contribution in [0, 0.1) is 12.8 Å². The van der Waals surface area contributed by atoms with Gasteiger partial charge >= 0.3 is 0 Å². The Labute approximate surface area is 119 Å². The topological polar surface area (TPSA) is 32.3 Å². The number of nitrogens with one attached hydrogen (secondary N) is 1.